The summed E-state index contributed by atoms with van der Waals surface area (Å²) in [7, 11) is 3.11. The summed E-state index contributed by atoms with van der Waals surface area (Å²) < 4.78 is 10.4. The van der Waals surface area contributed by atoms with Gasteiger partial charge in [0.05, 0.1) is 14.2 Å². The molecule has 2 aromatic carbocycles. The molecule has 0 aliphatic carbocycles. The first-order valence-electron chi connectivity index (χ1n) is 8.01. The molecule has 0 saturated heterocycles. The van der Waals surface area contributed by atoms with Gasteiger partial charge in [-0.05, 0) is 56.3 Å². The molecule has 2 rings (SSSR count). The van der Waals surface area contributed by atoms with Crippen LogP contribution in [0.3, 0.4) is 0 Å². The molecule has 2 aromatic rings. The number of hydrogen-bond donors (Lipinski definition) is 1. The van der Waals surface area contributed by atoms with Gasteiger partial charge >= 0.3 is 0 Å². The maximum atomic E-state index is 12.4. The van der Waals surface area contributed by atoms with E-state index in [0.717, 1.165) is 24.5 Å². The Hall–Kier alpha value is -2.69. The van der Waals surface area contributed by atoms with Crippen molar-refractivity contribution in [3.63, 3.8) is 0 Å². The van der Waals surface area contributed by atoms with E-state index in [1.807, 2.05) is 24.3 Å². The molecule has 1 N–H and O–H groups in total. The van der Waals surface area contributed by atoms with Gasteiger partial charge in [-0.2, -0.15) is 0 Å². The van der Waals surface area contributed by atoms with Crippen molar-refractivity contribution in [3.05, 3.63) is 48.0 Å². The molecule has 0 bridgehead atoms. The van der Waals surface area contributed by atoms with Gasteiger partial charge in [0.1, 0.15) is 0 Å². The minimum Gasteiger partial charge on any atom is -0.493 e. The van der Waals surface area contributed by atoms with Crippen LogP contribution >= 0.6 is 0 Å². The van der Waals surface area contributed by atoms with Crippen molar-refractivity contribution in [2.24, 2.45) is 0 Å². The van der Waals surface area contributed by atoms with Crippen LogP contribution in [0.1, 0.15) is 24.2 Å². The van der Waals surface area contributed by atoms with E-state index in [1.165, 1.54) is 0 Å². The SMILES string of the molecule is CCN(CC)c1ccc(NC(=O)c2ccc(OC)c(OC)c2)cc1. The molecule has 5 nitrogen and oxygen atoms in total. The summed E-state index contributed by atoms with van der Waals surface area (Å²) in [5.41, 5.74) is 2.41. The fourth-order valence-corrected chi connectivity index (χ4v) is 2.53. The zero-order valence-electron chi connectivity index (χ0n) is 14.6. The lowest BCUT2D eigenvalue weighted by Gasteiger charge is -2.21. The molecule has 128 valence electrons. The zero-order chi connectivity index (χ0) is 17.5. The van der Waals surface area contributed by atoms with Gasteiger partial charge in [0.2, 0.25) is 0 Å². The first-order chi connectivity index (χ1) is 11.6. The molecular formula is C19H24N2O3. The Morgan fingerprint density at radius 2 is 1.58 bits per heavy atom. The summed E-state index contributed by atoms with van der Waals surface area (Å²) in [5, 5.41) is 2.90. The smallest absolute Gasteiger partial charge is 0.255 e. The number of carbonyl (C=O) groups is 1. The largest absolute Gasteiger partial charge is 0.493 e. The number of carbonyl (C=O) groups excluding carboxylic acids is 1. The number of methoxy groups -OCH3 is 2. The van der Waals surface area contributed by atoms with E-state index < -0.39 is 0 Å². The highest BCUT2D eigenvalue weighted by atomic mass is 16.5. The Kier molecular flexibility index (Phi) is 6.07. The average molecular weight is 328 g/mol. The number of nitrogens with one attached hydrogen (secondary N) is 1. The first-order valence-corrected chi connectivity index (χ1v) is 8.01. The highest BCUT2D eigenvalue weighted by molar-refractivity contribution is 6.04. The van der Waals surface area contributed by atoms with Crippen molar-refractivity contribution < 1.29 is 14.3 Å². The lowest BCUT2D eigenvalue weighted by molar-refractivity contribution is 0.102. The predicted molar refractivity (Wildman–Crippen MR) is 97.5 cm³/mol. The second kappa shape index (κ2) is 8.24. The molecule has 0 aliphatic heterocycles. The number of amides is 1. The van der Waals surface area contributed by atoms with E-state index >= 15 is 0 Å². The molecular weight excluding hydrogens is 304 g/mol. The molecule has 0 radical (unpaired) electrons. The maximum absolute atomic E-state index is 12.4. The fourth-order valence-electron chi connectivity index (χ4n) is 2.53. The normalized spacial score (nSPS) is 10.2. The Balaban J connectivity index is 2.12. The van der Waals surface area contributed by atoms with Crippen LogP contribution in [0.2, 0.25) is 0 Å². The molecule has 0 spiro atoms. The Bertz CT molecular complexity index is 680. The van der Waals surface area contributed by atoms with Gasteiger partial charge in [0, 0.05) is 30.0 Å². The Labute approximate surface area is 143 Å². The van der Waals surface area contributed by atoms with E-state index in [2.05, 4.69) is 24.1 Å². The summed E-state index contributed by atoms with van der Waals surface area (Å²) in [6.45, 7) is 6.15. The molecule has 0 heterocycles. The number of hydrogen-bond acceptors (Lipinski definition) is 4. The molecule has 5 heteroatoms. The topological polar surface area (TPSA) is 50.8 Å². The molecule has 24 heavy (non-hydrogen) atoms. The molecule has 0 aliphatic rings. The van der Waals surface area contributed by atoms with Gasteiger partial charge in [-0.3, -0.25) is 4.79 Å². The van der Waals surface area contributed by atoms with E-state index in [-0.39, 0.29) is 5.91 Å². The van der Waals surface area contributed by atoms with Crippen LogP contribution < -0.4 is 19.7 Å². The van der Waals surface area contributed by atoms with E-state index in [9.17, 15) is 4.79 Å². The summed E-state index contributed by atoms with van der Waals surface area (Å²) in [6.07, 6.45) is 0. The second-order valence-electron chi connectivity index (χ2n) is 5.24. The first kappa shape index (κ1) is 17.7. The second-order valence-corrected chi connectivity index (χ2v) is 5.24. The van der Waals surface area contributed by atoms with Crippen molar-refractivity contribution in [1.82, 2.24) is 0 Å². The van der Waals surface area contributed by atoms with Crippen molar-refractivity contribution >= 4 is 17.3 Å². The molecule has 0 aromatic heterocycles. The lowest BCUT2D eigenvalue weighted by Crippen LogP contribution is -2.21. The van der Waals surface area contributed by atoms with Gasteiger partial charge in [0.15, 0.2) is 11.5 Å². The monoisotopic (exact) mass is 328 g/mol. The minimum atomic E-state index is -0.188. The van der Waals surface area contributed by atoms with Crippen LogP contribution in [0.25, 0.3) is 0 Å². The van der Waals surface area contributed by atoms with Crippen LogP contribution in [-0.2, 0) is 0 Å². The quantitative estimate of drug-likeness (QED) is 0.840. The van der Waals surface area contributed by atoms with Gasteiger partial charge in [0.25, 0.3) is 5.91 Å². The third-order valence-corrected chi connectivity index (χ3v) is 3.90. The van der Waals surface area contributed by atoms with Crippen LogP contribution in [0.4, 0.5) is 11.4 Å². The molecule has 1 amide bonds. The van der Waals surface area contributed by atoms with Crippen LogP contribution in [-0.4, -0.2) is 33.2 Å². The molecule has 0 saturated carbocycles. The number of benzene rings is 2. The summed E-state index contributed by atoms with van der Waals surface area (Å²) in [6, 6.07) is 12.9. The standard InChI is InChI=1S/C19H24N2O3/c1-5-21(6-2)16-10-8-15(9-11-16)20-19(22)14-7-12-17(23-3)18(13-14)24-4/h7-13H,5-6H2,1-4H3,(H,20,22). The summed E-state index contributed by atoms with van der Waals surface area (Å²) >= 11 is 0. The maximum Gasteiger partial charge on any atom is 0.255 e. The van der Waals surface area contributed by atoms with Crippen molar-refractivity contribution in [3.8, 4) is 11.5 Å². The molecule has 0 fully saturated rings. The summed E-state index contributed by atoms with van der Waals surface area (Å²) in [4.78, 5) is 14.6. The summed E-state index contributed by atoms with van der Waals surface area (Å²) in [5.74, 6) is 0.936. The number of anilines is 2. The van der Waals surface area contributed by atoms with Crippen LogP contribution in [0.5, 0.6) is 11.5 Å². The van der Waals surface area contributed by atoms with E-state index in [0.29, 0.717) is 17.1 Å². The third-order valence-electron chi connectivity index (χ3n) is 3.90. The van der Waals surface area contributed by atoms with Gasteiger partial charge < -0.3 is 19.7 Å². The zero-order valence-corrected chi connectivity index (χ0v) is 14.6. The minimum absolute atomic E-state index is 0.188. The third kappa shape index (κ3) is 3.98. The Morgan fingerprint density at radius 3 is 2.12 bits per heavy atom. The Morgan fingerprint density at radius 1 is 0.958 bits per heavy atom. The van der Waals surface area contributed by atoms with Crippen LogP contribution in [0.15, 0.2) is 42.5 Å². The number of rotatable bonds is 7. The van der Waals surface area contributed by atoms with Gasteiger partial charge in [-0.15, -0.1) is 0 Å². The lowest BCUT2D eigenvalue weighted by atomic mass is 10.1. The molecule has 0 unspecified atom stereocenters. The number of ether oxygens (including phenoxy) is 2. The van der Waals surface area contributed by atoms with Gasteiger partial charge in [-0.25, -0.2) is 0 Å². The van der Waals surface area contributed by atoms with Gasteiger partial charge in [-0.1, -0.05) is 0 Å². The highest BCUT2D eigenvalue weighted by Crippen LogP contribution is 2.28. The van der Waals surface area contributed by atoms with E-state index in [1.54, 1.807) is 32.4 Å². The number of nitrogens with zero attached hydrogens (tertiary/aromatic N) is 1. The van der Waals surface area contributed by atoms with Crippen molar-refractivity contribution in [2.45, 2.75) is 13.8 Å². The van der Waals surface area contributed by atoms with E-state index in [4.69, 9.17) is 9.47 Å². The van der Waals surface area contributed by atoms with Crippen LogP contribution in [0, 0.1) is 0 Å². The average Bonchev–Trinajstić information content (AvgIpc) is 2.63. The van der Waals surface area contributed by atoms with Crippen molar-refractivity contribution in [1.29, 1.82) is 0 Å². The fraction of sp³-hybridized carbons (Fsp3) is 0.316. The highest BCUT2D eigenvalue weighted by Gasteiger charge is 2.11. The molecule has 0 atom stereocenters. The van der Waals surface area contributed by atoms with Crippen molar-refractivity contribution in [2.75, 3.05) is 37.5 Å². The predicted octanol–water partition coefficient (Wildman–Crippen LogP) is 3.80.